The second kappa shape index (κ2) is 12.5. The number of hydrogen-bond donors (Lipinski definition) is 3. The second-order valence-corrected chi connectivity index (χ2v) is 7.91. The molecule has 4 heterocycles. The number of rotatable bonds is 3. The average molecular weight is 574 g/mol. The van der Waals surface area contributed by atoms with Crippen molar-refractivity contribution in [2.24, 2.45) is 0 Å². The summed E-state index contributed by atoms with van der Waals surface area (Å²) in [6, 6.07) is 8.58. The van der Waals surface area contributed by atoms with Gasteiger partial charge in [-0.25, -0.2) is 19.1 Å². The van der Waals surface area contributed by atoms with Crippen LogP contribution >= 0.6 is 0 Å². The lowest BCUT2D eigenvalue weighted by atomic mass is 10.1. The molecule has 1 aromatic carbocycles. The lowest BCUT2D eigenvalue weighted by Gasteiger charge is -2.28. The van der Waals surface area contributed by atoms with E-state index in [2.05, 4.69) is 49.4 Å². The van der Waals surface area contributed by atoms with Crippen LogP contribution in [0.4, 0.5) is 32.0 Å². The molecule has 1 saturated heterocycles. The molecular formula is C23H20F6N6O5. The molecular weight excluding hydrogens is 554 g/mol. The predicted octanol–water partition coefficient (Wildman–Crippen LogP) is 3.89. The number of carbonyl (C=O) groups is 2. The molecule has 0 spiro atoms. The van der Waals surface area contributed by atoms with E-state index in [0.29, 0.717) is 0 Å². The van der Waals surface area contributed by atoms with E-state index in [1.165, 1.54) is 5.69 Å². The van der Waals surface area contributed by atoms with Crippen LogP contribution in [0.5, 0.6) is 0 Å². The third kappa shape index (κ3) is 7.92. The van der Waals surface area contributed by atoms with Gasteiger partial charge in [-0.05, 0) is 17.7 Å². The van der Waals surface area contributed by atoms with Gasteiger partial charge in [0.2, 0.25) is 0 Å². The van der Waals surface area contributed by atoms with E-state index in [1.807, 2.05) is 29.3 Å². The van der Waals surface area contributed by atoms with Gasteiger partial charge in [-0.2, -0.15) is 36.5 Å². The summed E-state index contributed by atoms with van der Waals surface area (Å²) in [7, 11) is 0. The molecule has 17 heteroatoms. The van der Waals surface area contributed by atoms with Crippen molar-refractivity contribution in [3.63, 3.8) is 0 Å². The van der Waals surface area contributed by atoms with Gasteiger partial charge < -0.3 is 19.8 Å². The van der Waals surface area contributed by atoms with Crippen LogP contribution < -0.4 is 4.90 Å². The monoisotopic (exact) mass is 574 g/mol. The Balaban J connectivity index is 0.000000263. The Bertz CT molecular complexity index is 1390. The Morgan fingerprint density at radius 1 is 0.850 bits per heavy atom. The van der Waals surface area contributed by atoms with E-state index in [9.17, 15) is 26.3 Å². The van der Waals surface area contributed by atoms with Gasteiger partial charge >= 0.3 is 24.3 Å². The van der Waals surface area contributed by atoms with E-state index >= 15 is 0 Å². The first-order chi connectivity index (χ1) is 18.8. The molecule has 0 saturated carbocycles. The van der Waals surface area contributed by atoms with Crippen molar-refractivity contribution in [1.29, 1.82) is 0 Å². The highest BCUT2D eigenvalue weighted by molar-refractivity contribution is 5.77. The van der Waals surface area contributed by atoms with Crippen molar-refractivity contribution >= 4 is 23.3 Å². The molecule has 0 radical (unpaired) electrons. The molecule has 11 nitrogen and oxygen atoms in total. The summed E-state index contributed by atoms with van der Waals surface area (Å²) in [4.78, 5) is 24.8. The maximum Gasteiger partial charge on any atom is 0.490 e. The minimum atomic E-state index is -5.08. The number of carboxylic acid groups (broad SMARTS) is 2. The van der Waals surface area contributed by atoms with Gasteiger partial charge in [0.05, 0.1) is 25.6 Å². The maximum atomic E-state index is 10.6. The van der Waals surface area contributed by atoms with Crippen molar-refractivity contribution in [2.45, 2.75) is 12.4 Å². The minimum Gasteiger partial charge on any atom is -0.475 e. The molecule has 3 N–H and O–H groups in total. The summed E-state index contributed by atoms with van der Waals surface area (Å²) in [5.74, 6) is -5.51. The van der Waals surface area contributed by atoms with Crippen LogP contribution in [0, 0.1) is 0 Å². The first kappa shape index (κ1) is 29.9. The van der Waals surface area contributed by atoms with Crippen LogP contribution in [0.1, 0.15) is 0 Å². The van der Waals surface area contributed by atoms with E-state index in [0.717, 1.165) is 54.2 Å². The maximum absolute atomic E-state index is 10.6. The van der Waals surface area contributed by atoms with Crippen LogP contribution in [0.15, 0.2) is 55.2 Å². The number of carboxylic acids is 2. The molecule has 3 aromatic heterocycles. The molecule has 5 rings (SSSR count). The van der Waals surface area contributed by atoms with Crippen LogP contribution in [-0.2, 0) is 14.3 Å². The molecule has 1 aliphatic rings. The van der Waals surface area contributed by atoms with Crippen LogP contribution in [0.2, 0.25) is 0 Å². The Hall–Kier alpha value is -4.67. The number of halogens is 6. The number of morpholine rings is 1. The molecule has 0 aliphatic carbocycles. The quantitative estimate of drug-likeness (QED) is 0.310. The summed E-state index contributed by atoms with van der Waals surface area (Å²) in [6.07, 6.45) is -0.827. The van der Waals surface area contributed by atoms with Crippen LogP contribution in [-0.4, -0.2) is 85.6 Å². The fourth-order valence-corrected chi connectivity index (χ4v) is 3.31. The second-order valence-electron chi connectivity index (χ2n) is 7.91. The molecule has 1 aliphatic heterocycles. The number of fused-ring (bicyclic) bond motifs is 1. The molecule has 214 valence electrons. The molecule has 40 heavy (non-hydrogen) atoms. The van der Waals surface area contributed by atoms with Gasteiger partial charge in [-0.1, -0.05) is 12.1 Å². The predicted molar refractivity (Wildman–Crippen MR) is 126 cm³/mol. The van der Waals surface area contributed by atoms with Crippen molar-refractivity contribution in [1.82, 2.24) is 24.8 Å². The Kier molecular flexibility index (Phi) is 9.31. The summed E-state index contributed by atoms with van der Waals surface area (Å²) < 4.78 is 70.7. The minimum absolute atomic E-state index is 0.792. The van der Waals surface area contributed by atoms with Crippen molar-refractivity contribution in [3.05, 3.63) is 55.2 Å². The normalized spacial score (nSPS) is 13.6. The number of nitrogens with zero attached hydrogens (tertiary/aromatic N) is 5. The smallest absolute Gasteiger partial charge is 0.475 e. The Morgan fingerprint density at radius 2 is 1.43 bits per heavy atom. The SMILES string of the molecule is O=C(O)C(F)(F)F.O=C(O)C(F)(F)F.c1cc(N2CCOCC2)ccc1-c1cnc2c(-c3cn[nH]c3)cnn2c1. The third-order valence-electron chi connectivity index (χ3n) is 5.23. The Morgan fingerprint density at radius 3 is 1.93 bits per heavy atom. The van der Waals surface area contributed by atoms with Gasteiger partial charge in [0.1, 0.15) is 0 Å². The van der Waals surface area contributed by atoms with E-state index in [1.54, 1.807) is 6.20 Å². The number of ether oxygens (including phenoxy) is 1. The number of H-pyrrole nitrogens is 1. The van der Waals surface area contributed by atoms with Crippen molar-refractivity contribution < 1.29 is 50.9 Å². The van der Waals surface area contributed by atoms with Gasteiger partial charge in [0.15, 0.2) is 5.65 Å². The topological polar surface area (TPSA) is 146 Å². The van der Waals surface area contributed by atoms with Gasteiger partial charge in [-0.15, -0.1) is 0 Å². The summed E-state index contributed by atoms with van der Waals surface area (Å²) in [5.41, 5.74) is 6.15. The fourth-order valence-electron chi connectivity index (χ4n) is 3.31. The molecule has 0 bridgehead atoms. The highest BCUT2D eigenvalue weighted by atomic mass is 19.4. The highest BCUT2D eigenvalue weighted by Gasteiger charge is 2.38. The van der Waals surface area contributed by atoms with Gasteiger partial charge in [0.25, 0.3) is 0 Å². The van der Waals surface area contributed by atoms with E-state index < -0.39 is 24.3 Å². The highest BCUT2D eigenvalue weighted by Crippen LogP contribution is 2.26. The molecule has 0 unspecified atom stereocenters. The number of benzene rings is 1. The standard InChI is InChI=1S/C19H18N6O.2C2HF3O2/c1-3-17(24-5-7-26-8-6-24)4-2-14(1)16-9-20-19-18(12-23-25(19)13-16)15-10-21-22-11-15;2*3-2(4,5)1(6)7/h1-4,9-13H,5-8H2,(H,21,22);2*(H,6,7). The molecule has 0 amide bonds. The number of alkyl halides is 6. The number of aromatic amines is 1. The lowest BCUT2D eigenvalue weighted by Crippen LogP contribution is -2.36. The zero-order valence-corrected chi connectivity index (χ0v) is 20.1. The zero-order chi connectivity index (χ0) is 29.5. The van der Waals surface area contributed by atoms with Crippen molar-refractivity contribution in [3.8, 4) is 22.3 Å². The van der Waals surface area contributed by atoms with Gasteiger partial charge in [-0.3, -0.25) is 5.10 Å². The van der Waals surface area contributed by atoms with Crippen LogP contribution in [0.25, 0.3) is 27.9 Å². The zero-order valence-electron chi connectivity index (χ0n) is 20.1. The average Bonchev–Trinajstić information content (AvgIpc) is 3.58. The summed E-state index contributed by atoms with van der Waals surface area (Å²) in [5, 5.41) is 25.5. The first-order valence-corrected chi connectivity index (χ1v) is 11.1. The lowest BCUT2D eigenvalue weighted by molar-refractivity contribution is -0.193. The summed E-state index contributed by atoms with van der Waals surface area (Å²) in [6.45, 7) is 3.47. The number of nitrogens with one attached hydrogen (secondary N) is 1. The number of hydrogen-bond acceptors (Lipinski definition) is 7. The summed E-state index contributed by atoms with van der Waals surface area (Å²) >= 11 is 0. The van der Waals surface area contributed by atoms with E-state index in [-0.39, 0.29) is 0 Å². The number of anilines is 1. The van der Waals surface area contributed by atoms with Gasteiger partial charge in [0, 0.05) is 54.1 Å². The third-order valence-corrected chi connectivity index (χ3v) is 5.23. The van der Waals surface area contributed by atoms with E-state index in [4.69, 9.17) is 24.5 Å². The Labute approximate surface area is 220 Å². The largest absolute Gasteiger partial charge is 0.490 e. The molecule has 1 fully saturated rings. The fraction of sp³-hybridized carbons (Fsp3) is 0.261. The number of aromatic nitrogens is 5. The van der Waals surface area contributed by atoms with Crippen molar-refractivity contribution in [2.75, 3.05) is 31.2 Å². The molecule has 4 aromatic rings. The first-order valence-electron chi connectivity index (χ1n) is 11.1. The number of aliphatic carboxylic acids is 2. The van der Waals surface area contributed by atoms with Crippen LogP contribution in [0.3, 0.4) is 0 Å². The molecule has 0 atom stereocenters.